The van der Waals surface area contributed by atoms with Crippen LogP contribution in [0.5, 0.6) is 0 Å². The minimum Gasteiger partial charge on any atom is -0.464 e. The largest absolute Gasteiger partial charge is 0.464 e. The molecule has 0 saturated carbocycles. The fraction of sp³-hybridized carbons (Fsp3) is 0.812. The molecule has 0 spiro atoms. The van der Waals surface area contributed by atoms with Gasteiger partial charge in [-0.15, -0.1) is 0 Å². The van der Waals surface area contributed by atoms with Gasteiger partial charge < -0.3 is 4.74 Å². The molecular weight excluding hydrogens is 238 g/mol. The minimum absolute atomic E-state index is 0.0885. The van der Waals surface area contributed by atoms with Gasteiger partial charge in [-0.25, -0.2) is 0 Å². The second kappa shape index (κ2) is 7.68. The summed E-state index contributed by atoms with van der Waals surface area (Å²) in [6.45, 7) is 13.6. The molecule has 0 aromatic carbocycles. The predicted molar refractivity (Wildman–Crippen MR) is 78.9 cm³/mol. The molecule has 3 heteroatoms. The minimum atomic E-state index is -0.0885. The molecule has 0 aliphatic heterocycles. The molecule has 3 nitrogen and oxygen atoms in total. The van der Waals surface area contributed by atoms with E-state index in [1.165, 1.54) is 5.57 Å². The molecule has 0 unspecified atom stereocenters. The van der Waals surface area contributed by atoms with E-state index in [2.05, 4.69) is 45.6 Å². The first-order valence-corrected chi connectivity index (χ1v) is 7.53. The summed E-state index contributed by atoms with van der Waals surface area (Å²) < 4.78 is 5.48. The molecule has 110 valence electrons. The van der Waals surface area contributed by atoms with Crippen molar-refractivity contribution in [3.63, 3.8) is 0 Å². The van der Waals surface area contributed by atoms with Crippen LogP contribution in [0.2, 0.25) is 0 Å². The van der Waals surface area contributed by atoms with E-state index < -0.39 is 0 Å². The third kappa shape index (κ3) is 4.98. The Morgan fingerprint density at radius 3 is 2.53 bits per heavy atom. The molecule has 0 heterocycles. The molecule has 0 saturated heterocycles. The number of hydrogen-bond donors (Lipinski definition) is 0. The molecule has 1 rings (SSSR count). The lowest BCUT2D eigenvalue weighted by molar-refractivity contribution is -0.147. The predicted octanol–water partition coefficient (Wildman–Crippen LogP) is 3.11. The zero-order valence-electron chi connectivity index (χ0n) is 13.1. The van der Waals surface area contributed by atoms with E-state index in [0.717, 1.165) is 19.5 Å². The van der Waals surface area contributed by atoms with Crippen molar-refractivity contribution < 1.29 is 9.53 Å². The molecule has 0 amide bonds. The number of carbonyl (C=O) groups excluding carboxylic acids is 1. The van der Waals surface area contributed by atoms with E-state index in [0.29, 0.717) is 30.9 Å². The molecule has 0 fully saturated rings. The summed E-state index contributed by atoms with van der Waals surface area (Å²) in [4.78, 5) is 13.9. The highest BCUT2D eigenvalue weighted by Crippen LogP contribution is 2.33. The van der Waals surface area contributed by atoms with Gasteiger partial charge in [0.1, 0.15) is 0 Å². The van der Waals surface area contributed by atoms with Crippen LogP contribution in [0.25, 0.3) is 0 Å². The number of nitrogens with zero attached hydrogens (tertiary/aromatic N) is 1. The lowest BCUT2D eigenvalue weighted by atomic mass is 9.75. The average molecular weight is 267 g/mol. The van der Waals surface area contributed by atoms with Gasteiger partial charge in [0.2, 0.25) is 0 Å². The van der Waals surface area contributed by atoms with Crippen molar-refractivity contribution in [2.24, 2.45) is 17.8 Å². The van der Waals surface area contributed by atoms with Crippen LogP contribution in [-0.2, 0) is 9.53 Å². The van der Waals surface area contributed by atoms with E-state index in [1.807, 2.05) is 0 Å². The zero-order chi connectivity index (χ0) is 14.4. The molecule has 1 aliphatic carbocycles. The van der Waals surface area contributed by atoms with E-state index >= 15 is 0 Å². The van der Waals surface area contributed by atoms with Crippen molar-refractivity contribution in [1.82, 2.24) is 4.90 Å². The highest BCUT2D eigenvalue weighted by atomic mass is 16.5. The molecule has 0 N–H and O–H groups in total. The number of esters is 1. The van der Waals surface area contributed by atoms with Crippen molar-refractivity contribution in [2.75, 3.05) is 26.2 Å². The SMILES string of the molecule is CCN(CC)CC(=O)OC[C@@H]1[C@H](C)CC(C)=C[C@@H]1C. The summed E-state index contributed by atoms with van der Waals surface area (Å²) in [6, 6.07) is 0. The Balaban J connectivity index is 2.41. The highest BCUT2D eigenvalue weighted by Gasteiger charge is 2.27. The summed E-state index contributed by atoms with van der Waals surface area (Å²) in [6.07, 6.45) is 3.45. The van der Waals surface area contributed by atoms with Gasteiger partial charge in [0.25, 0.3) is 0 Å². The Labute approximate surface area is 118 Å². The van der Waals surface area contributed by atoms with Gasteiger partial charge in [-0.3, -0.25) is 9.69 Å². The summed E-state index contributed by atoms with van der Waals surface area (Å²) >= 11 is 0. The van der Waals surface area contributed by atoms with Crippen molar-refractivity contribution in [3.05, 3.63) is 11.6 Å². The first kappa shape index (κ1) is 16.2. The lowest BCUT2D eigenvalue weighted by Crippen LogP contribution is -2.33. The maximum absolute atomic E-state index is 11.8. The van der Waals surface area contributed by atoms with Gasteiger partial charge in [0.05, 0.1) is 13.2 Å². The van der Waals surface area contributed by atoms with Crippen LogP contribution < -0.4 is 0 Å². The fourth-order valence-corrected chi connectivity index (χ4v) is 3.00. The van der Waals surface area contributed by atoms with E-state index in [1.54, 1.807) is 0 Å². The summed E-state index contributed by atoms with van der Waals surface area (Å²) in [5.74, 6) is 1.48. The van der Waals surface area contributed by atoms with E-state index in [9.17, 15) is 4.79 Å². The quantitative estimate of drug-likeness (QED) is 0.547. The normalized spacial score (nSPS) is 27.3. The Morgan fingerprint density at radius 2 is 2.00 bits per heavy atom. The first-order valence-electron chi connectivity index (χ1n) is 7.53. The second-order valence-corrected chi connectivity index (χ2v) is 5.86. The van der Waals surface area contributed by atoms with Gasteiger partial charge in [0.15, 0.2) is 0 Å². The van der Waals surface area contributed by atoms with Crippen molar-refractivity contribution in [2.45, 2.75) is 41.0 Å². The second-order valence-electron chi connectivity index (χ2n) is 5.86. The van der Waals surface area contributed by atoms with Crippen LogP contribution in [0.3, 0.4) is 0 Å². The van der Waals surface area contributed by atoms with Gasteiger partial charge in [-0.05, 0) is 38.3 Å². The van der Waals surface area contributed by atoms with Gasteiger partial charge in [0, 0.05) is 5.92 Å². The summed E-state index contributed by atoms with van der Waals surface area (Å²) in [5.41, 5.74) is 1.46. The Morgan fingerprint density at radius 1 is 1.37 bits per heavy atom. The number of rotatable bonds is 6. The van der Waals surface area contributed by atoms with Crippen molar-refractivity contribution in [1.29, 1.82) is 0 Å². The Hall–Kier alpha value is -0.830. The van der Waals surface area contributed by atoms with Crippen LogP contribution in [0.1, 0.15) is 41.0 Å². The third-order valence-corrected chi connectivity index (χ3v) is 4.28. The smallest absolute Gasteiger partial charge is 0.320 e. The van der Waals surface area contributed by atoms with Crippen LogP contribution in [0.4, 0.5) is 0 Å². The van der Waals surface area contributed by atoms with Gasteiger partial charge >= 0.3 is 5.97 Å². The van der Waals surface area contributed by atoms with Crippen molar-refractivity contribution in [3.8, 4) is 0 Å². The highest BCUT2D eigenvalue weighted by molar-refractivity contribution is 5.71. The van der Waals surface area contributed by atoms with E-state index in [4.69, 9.17) is 4.74 Å². The number of allylic oxidation sites excluding steroid dienone is 2. The fourth-order valence-electron chi connectivity index (χ4n) is 3.00. The standard InChI is InChI=1S/C16H29NO2/c1-6-17(7-2)10-16(18)19-11-15-13(4)8-12(3)9-14(15)5/h8,13-15H,6-7,9-11H2,1-5H3/t13-,14+,15-/m0/s1. The molecule has 0 radical (unpaired) electrons. The molecule has 1 aliphatic rings. The average Bonchev–Trinajstić information content (AvgIpc) is 2.34. The van der Waals surface area contributed by atoms with Gasteiger partial charge in [-0.2, -0.15) is 0 Å². The molecular formula is C16H29NO2. The number of carbonyl (C=O) groups is 1. The summed E-state index contributed by atoms with van der Waals surface area (Å²) in [7, 11) is 0. The lowest BCUT2D eigenvalue weighted by Gasteiger charge is -2.32. The zero-order valence-corrected chi connectivity index (χ0v) is 13.1. The van der Waals surface area contributed by atoms with Crippen LogP contribution in [0.15, 0.2) is 11.6 Å². The first-order chi connectivity index (χ1) is 8.97. The maximum Gasteiger partial charge on any atom is 0.320 e. The van der Waals surface area contributed by atoms with Crippen molar-refractivity contribution >= 4 is 5.97 Å². The number of hydrogen-bond acceptors (Lipinski definition) is 3. The molecule has 0 bridgehead atoms. The van der Waals surface area contributed by atoms with Crippen LogP contribution in [0, 0.1) is 17.8 Å². The Bertz CT molecular complexity index is 321. The van der Waals surface area contributed by atoms with E-state index in [-0.39, 0.29) is 5.97 Å². The Kier molecular flexibility index (Phi) is 6.56. The monoisotopic (exact) mass is 267 g/mol. The third-order valence-electron chi connectivity index (χ3n) is 4.28. The van der Waals surface area contributed by atoms with Gasteiger partial charge in [-0.1, -0.05) is 39.3 Å². The molecule has 3 atom stereocenters. The summed E-state index contributed by atoms with van der Waals surface area (Å²) in [5, 5.41) is 0. The number of likely N-dealkylation sites (N-methyl/N-ethyl adjacent to an activating group) is 1. The maximum atomic E-state index is 11.8. The molecule has 19 heavy (non-hydrogen) atoms. The topological polar surface area (TPSA) is 29.5 Å². The number of ether oxygens (including phenoxy) is 1. The molecule has 0 aromatic heterocycles. The molecule has 0 aromatic rings. The van der Waals surface area contributed by atoms with Crippen LogP contribution >= 0.6 is 0 Å². The van der Waals surface area contributed by atoms with Crippen LogP contribution in [-0.4, -0.2) is 37.1 Å².